The van der Waals surface area contributed by atoms with Gasteiger partial charge in [-0.1, -0.05) is 38.1 Å². The molecular weight excluding hydrogens is 260 g/mol. The summed E-state index contributed by atoms with van der Waals surface area (Å²) in [6.45, 7) is 6.98. The van der Waals surface area contributed by atoms with E-state index in [1.807, 2.05) is 12.3 Å². The fourth-order valence-corrected chi connectivity index (χ4v) is 2.54. The lowest BCUT2D eigenvalue weighted by Crippen LogP contribution is -2.24. The normalized spacial score (nSPS) is 12.7. The standard InChI is InChI=1S/C18H26N2O/c1-3-11-19-17(10-14-21-13-4-2)16-9-5-7-15-8-6-12-20-18(15)16/h5-9,12,17,19H,3-4,10-11,13-14H2,1-2H3. The molecule has 21 heavy (non-hydrogen) atoms. The van der Waals surface area contributed by atoms with Gasteiger partial charge in [0.25, 0.3) is 0 Å². The Balaban J connectivity index is 2.17. The molecule has 0 fully saturated rings. The molecule has 1 aromatic heterocycles. The molecule has 1 unspecified atom stereocenters. The van der Waals surface area contributed by atoms with Crippen molar-refractivity contribution in [3.63, 3.8) is 0 Å². The van der Waals surface area contributed by atoms with Crippen molar-refractivity contribution in [2.75, 3.05) is 19.8 Å². The number of aromatic nitrogens is 1. The van der Waals surface area contributed by atoms with E-state index < -0.39 is 0 Å². The van der Waals surface area contributed by atoms with Crippen LogP contribution < -0.4 is 5.32 Å². The fraction of sp³-hybridized carbons (Fsp3) is 0.500. The zero-order chi connectivity index (χ0) is 14.9. The molecule has 0 saturated heterocycles. The molecule has 0 spiro atoms. The predicted octanol–water partition coefficient (Wildman–Crippen LogP) is 4.09. The molecule has 0 amide bonds. The Hall–Kier alpha value is -1.45. The van der Waals surface area contributed by atoms with E-state index in [1.54, 1.807) is 0 Å². The fourth-order valence-electron chi connectivity index (χ4n) is 2.54. The average molecular weight is 286 g/mol. The van der Waals surface area contributed by atoms with Crippen molar-refractivity contribution >= 4 is 10.9 Å². The Morgan fingerprint density at radius 3 is 2.76 bits per heavy atom. The summed E-state index contributed by atoms with van der Waals surface area (Å²) in [5.41, 5.74) is 2.38. The van der Waals surface area contributed by atoms with E-state index >= 15 is 0 Å². The minimum atomic E-state index is 0.306. The minimum absolute atomic E-state index is 0.306. The number of hydrogen-bond donors (Lipinski definition) is 1. The van der Waals surface area contributed by atoms with Crippen LogP contribution in [0.15, 0.2) is 36.5 Å². The molecule has 0 radical (unpaired) electrons. The van der Waals surface area contributed by atoms with Crippen molar-refractivity contribution in [3.8, 4) is 0 Å². The lowest BCUT2D eigenvalue weighted by molar-refractivity contribution is 0.124. The van der Waals surface area contributed by atoms with E-state index in [4.69, 9.17) is 4.74 Å². The third kappa shape index (κ3) is 4.51. The van der Waals surface area contributed by atoms with E-state index in [1.165, 1.54) is 10.9 Å². The predicted molar refractivity (Wildman–Crippen MR) is 88.5 cm³/mol. The highest BCUT2D eigenvalue weighted by molar-refractivity contribution is 5.81. The molecule has 0 bridgehead atoms. The number of fused-ring (bicyclic) bond motifs is 1. The van der Waals surface area contributed by atoms with Crippen LogP contribution in [0.5, 0.6) is 0 Å². The third-order valence-electron chi connectivity index (χ3n) is 3.58. The first kappa shape index (κ1) is 15.9. The van der Waals surface area contributed by atoms with E-state index in [2.05, 4.69) is 48.4 Å². The lowest BCUT2D eigenvalue weighted by Gasteiger charge is -2.20. The molecule has 0 aliphatic heterocycles. The first-order chi connectivity index (χ1) is 10.4. The van der Waals surface area contributed by atoms with E-state index in [9.17, 15) is 0 Å². The molecule has 0 saturated carbocycles. The lowest BCUT2D eigenvalue weighted by atomic mass is 10.0. The van der Waals surface area contributed by atoms with Gasteiger partial charge in [0.05, 0.1) is 5.52 Å². The summed E-state index contributed by atoms with van der Waals surface area (Å²) < 4.78 is 5.67. The van der Waals surface area contributed by atoms with Gasteiger partial charge in [0.1, 0.15) is 0 Å². The summed E-state index contributed by atoms with van der Waals surface area (Å²) in [7, 11) is 0. The van der Waals surface area contributed by atoms with Crippen LogP contribution in [0.4, 0.5) is 0 Å². The summed E-state index contributed by atoms with van der Waals surface area (Å²) in [6.07, 6.45) is 5.05. The van der Waals surface area contributed by atoms with Crippen molar-refractivity contribution in [2.45, 2.75) is 39.2 Å². The highest BCUT2D eigenvalue weighted by Gasteiger charge is 2.14. The summed E-state index contributed by atoms with van der Waals surface area (Å²) in [5, 5.41) is 4.84. The summed E-state index contributed by atoms with van der Waals surface area (Å²) >= 11 is 0. The highest BCUT2D eigenvalue weighted by atomic mass is 16.5. The van der Waals surface area contributed by atoms with Gasteiger partial charge in [0, 0.05) is 30.8 Å². The third-order valence-corrected chi connectivity index (χ3v) is 3.58. The van der Waals surface area contributed by atoms with Gasteiger partial charge in [-0.05, 0) is 37.4 Å². The van der Waals surface area contributed by atoms with Crippen LogP contribution in [0, 0.1) is 0 Å². The maximum atomic E-state index is 5.67. The second-order valence-corrected chi connectivity index (χ2v) is 5.33. The molecule has 1 atom stereocenters. The smallest absolute Gasteiger partial charge is 0.0749 e. The molecule has 114 valence electrons. The number of hydrogen-bond acceptors (Lipinski definition) is 3. The SMILES string of the molecule is CCCNC(CCOCCC)c1cccc2cccnc12. The van der Waals surface area contributed by atoms with Gasteiger partial charge in [0.2, 0.25) is 0 Å². The summed E-state index contributed by atoms with van der Waals surface area (Å²) in [6, 6.07) is 10.8. The van der Waals surface area contributed by atoms with Crippen molar-refractivity contribution in [2.24, 2.45) is 0 Å². The Bertz CT molecular complexity index is 536. The van der Waals surface area contributed by atoms with E-state index in [0.29, 0.717) is 6.04 Å². The number of nitrogens with one attached hydrogen (secondary N) is 1. The Labute approximate surface area is 127 Å². The molecule has 1 aromatic carbocycles. The Morgan fingerprint density at radius 1 is 1.10 bits per heavy atom. The molecule has 0 aliphatic rings. The van der Waals surface area contributed by atoms with Gasteiger partial charge in [-0.2, -0.15) is 0 Å². The topological polar surface area (TPSA) is 34.1 Å². The summed E-state index contributed by atoms with van der Waals surface area (Å²) in [5.74, 6) is 0. The van der Waals surface area contributed by atoms with Crippen molar-refractivity contribution in [3.05, 3.63) is 42.1 Å². The molecule has 3 heteroatoms. The van der Waals surface area contributed by atoms with Gasteiger partial charge >= 0.3 is 0 Å². The van der Waals surface area contributed by atoms with Crippen molar-refractivity contribution in [1.29, 1.82) is 0 Å². The second kappa shape index (κ2) is 8.75. The molecule has 3 nitrogen and oxygen atoms in total. The Kier molecular flexibility index (Phi) is 6.64. The van der Waals surface area contributed by atoms with Gasteiger partial charge in [-0.15, -0.1) is 0 Å². The molecule has 2 aromatic rings. The van der Waals surface area contributed by atoms with E-state index in [0.717, 1.165) is 44.5 Å². The quantitative estimate of drug-likeness (QED) is 0.705. The molecule has 1 N–H and O–H groups in total. The zero-order valence-electron chi connectivity index (χ0n) is 13.1. The maximum absolute atomic E-state index is 5.67. The summed E-state index contributed by atoms with van der Waals surface area (Å²) in [4.78, 5) is 4.57. The number of ether oxygens (including phenoxy) is 1. The number of para-hydroxylation sites is 1. The van der Waals surface area contributed by atoms with Gasteiger partial charge < -0.3 is 10.1 Å². The van der Waals surface area contributed by atoms with Crippen LogP contribution in [0.3, 0.4) is 0 Å². The zero-order valence-corrected chi connectivity index (χ0v) is 13.1. The first-order valence-electron chi connectivity index (χ1n) is 8.01. The minimum Gasteiger partial charge on any atom is -0.381 e. The molecule has 1 heterocycles. The number of rotatable bonds is 9. The first-order valence-corrected chi connectivity index (χ1v) is 8.01. The number of pyridine rings is 1. The van der Waals surface area contributed by atoms with Crippen LogP contribution >= 0.6 is 0 Å². The van der Waals surface area contributed by atoms with Crippen molar-refractivity contribution in [1.82, 2.24) is 10.3 Å². The van der Waals surface area contributed by atoms with Gasteiger partial charge in [-0.3, -0.25) is 4.98 Å². The van der Waals surface area contributed by atoms with Gasteiger partial charge in [-0.25, -0.2) is 0 Å². The van der Waals surface area contributed by atoms with E-state index in [-0.39, 0.29) is 0 Å². The van der Waals surface area contributed by atoms with Crippen LogP contribution in [-0.4, -0.2) is 24.7 Å². The van der Waals surface area contributed by atoms with Crippen LogP contribution in [-0.2, 0) is 4.74 Å². The second-order valence-electron chi connectivity index (χ2n) is 5.33. The van der Waals surface area contributed by atoms with Crippen LogP contribution in [0.25, 0.3) is 10.9 Å². The molecule has 2 rings (SSSR count). The highest BCUT2D eigenvalue weighted by Crippen LogP contribution is 2.24. The van der Waals surface area contributed by atoms with Crippen LogP contribution in [0.1, 0.15) is 44.7 Å². The molecule has 0 aliphatic carbocycles. The van der Waals surface area contributed by atoms with Crippen LogP contribution in [0.2, 0.25) is 0 Å². The average Bonchev–Trinajstić information content (AvgIpc) is 2.54. The number of benzene rings is 1. The van der Waals surface area contributed by atoms with Gasteiger partial charge in [0.15, 0.2) is 0 Å². The Morgan fingerprint density at radius 2 is 1.95 bits per heavy atom. The largest absolute Gasteiger partial charge is 0.381 e. The monoisotopic (exact) mass is 286 g/mol. The number of nitrogens with zero attached hydrogens (tertiary/aromatic N) is 1. The van der Waals surface area contributed by atoms with Crippen molar-refractivity contribution < 1.29 is 4.74 Å². The molecular formula is C18H26N2O. The maximum Gasteiger partial charge on any atom is 0.0749 e.